The van der Waals surface area contributed by atoms with E-state index in [1.54, 1.807) is 6.07 Å². The van der Waals surface area contributed by atoms with Crippen LogP contribution >= 0.6 is 0 Å². The van der Waals surface area contributed by atoms with Crippen molar-refractivity contribution in [2.75, 3.05) is 6.86 Å². The van der Waals surface area contributed by atoms with Crippen LogP contribution in [-0.4, -0.2) is 6.86 Å². The van der Waals surface area contributed by atoms with Crippen LogP contribution in [0, 0.1) is 0 Å². The van der Waals surface area contributed by atoms with Crippen molar-refractivity contribution in [3.05, 3.63) is 42.5 Å². The monoisotopic (exact) mass is 176 g/mol. The predicted octanol–water partition coefficient (Wildman–Crippen LogP) is 3.15. The molecule has 0 atom stereocenters. The highest BCUT2D eigenvalue weighted by molar-refractivity contribution is 5.88. The van der Waals surface area contributed by atoms with Gasteiger partial charge in [0.25, 0.3) is 0 Å². The Balaban J connectivity index is 2.61. The van der Waals surface area contributed by atoms with Crippen LogP contribution in [0.4, 0.5) is 4.39 Å². The van der Waals surface area contributed by atoms with Crippen LogP contribution in [0.25, 0.3) is 10.8 Å². The minimum atomic E-state index is -0.784. The normalized spacial score (nSPS) is 10.2. The van der Waals surface area contributed by atoms with Gasteiger partial charge in [-0.2, -0.15) is 0 Å². The zero-order valence-electron chi connectivity index (χ0n) is 7.03. The van der Waals surface area contributed by atoms with E-state index in [4.69, 9.17) is 4.74 Å². The number of ether oxygens (including phenoxy) is 1. The molecule has 0 amide bonds. The number of benzene rings is 2. The Labute approximate surface area is 75.8 Å². The molecule has 13 heavy (non-hydrogen) atoms. The van der Waals surface area contributed by atoms with Crippen molar-refractivity contribution in [2.24, 2.45) is 0 Å². The Kier molecular flexibility index (Phi) is 2.13. The highest BCUT2D eigenvalue weighted by Crippen LogP contribution is 2.24. The first-order valence-electron chi connectivity index (χ1n) is 4.08. The molecular formula is C11H9FO. The summed E-state index contributed by atoms with van der Waals surface area (Å²) in [7, 11) is 0. The summed E-state index contributed by atoms with van der Waals surface area (Å²) in [6.45, 7) is -0.784. The van der Waals surface area contributed by atoms with Crippen molar-refractivity contribution in [3.8, 4) is 5.75 Å². The van der Waals surface area contributed by atoms with Crippen LogP contribution in [0.15, 0.2) is 42.5 Å². The van der Waals surface area contributed by atoms with E-state index in [0.717, 1.165) is 10.8 Å². The van der Waals surface area contributed by atoms with E-state index in [9.17, 15) is 4.39 Å². The van der Waals surface area contributed by atoms with Gasteiger partial charge in [0.2, 0.25) is 6.86 Å². The SMILES string of the molecule is FCOc1cccc2ccccc12. The number of rotatable bonds is 2. The molecule has 0 aliphatic carbocycles. The Morgan fingerprint density at radius 2 is 1.77 bits per heavy atom. The van der Waals surface area contributed by atoms with Gasteiger partial charge in [0.15, 0.2) is 0 Å². The van der Waals surface area contributed by atoms with Crippen molar-refractivity contribution >= 4 is 10.8 Å². The second kappa shape index (κ2) is 3.44. The van der Waals surface area contributed by atoms with Gasteiger partial charge in [-0.1, -0.05) is 36.4 Å². The maximum atomic E-state index is 12.0. The zero-order chi connectivity index (χ0) is 9.10. The second-order valence-corrected chi connectivity index (χ2v) is 2.73. The molecule has 0 fully saturated rings. The van der Waals surface area contributed by atoms with Crippen molar-refractivity contribution < 1.29 is 9.13 Å². The molecule has 2 aromatic carbocycles. The van der Waals surface area contributed by atoms with Gasteiger partial charge in [-0.3, -0.25) is 0 Å². The standard InChI is InChI=1S/C11H9FO/c12-8-13-11-7-3-5-9-4-1-2-6-10(9)11/h1-7H,8H2. The highest BCUT2D eigenvalue weighted by Gasteiger charge is 1.99. The molecule has 0 saturated carbocycles. The van der Waals surface area contributed by atoms with Gasteiger partial charge in [0.1, 0.15) is 5.75 Å². The van der Waals surface area contributed by atoms with Crippen molar-refractivity contribution in [3.63, 3.8) is 0 Å². The summed E-state index contributed by atoms with van der Waals surface area (Å²) in [6, 6.07) is 13.3. The van der Waals surface area contributed by atoms with Crippen LogP contribution in [-0.2, 0) is 0 Å². The van der Waals surface area contributed by atoms with Gasteiger partial charge in [0, 0.05) is 5.39 Å². The fourth-order valence-electron chi connectivity index (χ4n) is 1.38. The van der Waals surface area contributed by atoms with E-state index in [2.05, 4.69) is 0 Å². The molecule has 2 aromatic rings. The third kappa shape index (κ3) is 1.47. The van der Waals surface area contributed by atoms with Gasteiger partial charge in [-0.15, -0.1) is 0 Å². The molecule has 1 nitrogen and oxygen atoms in total. The molecule has 2 heteroatoms. The van der Waals surface area contributed by atoms with Gasteiger partial charge in [0.05, 0.1) is 0 Å². The summed E-state index contributed by atoms with van der Waals surface area (Å²) in [4.78, 5) is 0. The Bertz CT molecular complexity index is 406. The lowest BCUT2D eigenvalue weighted by molar-refractivity contribution is 0.194. The van der Waals surface area contributed by atoms with Crippen LogP contribution in [0.5, 0.6) is 5.75 Å². The Hall–Kier alpha value is -1.57. The first-order chi connectivity index (χ1) is 6.42. The average molecular weight is 176 g/mol. The maximum Gasteiger partial charge on any atom is 0.228 e. The molecule has 66 valence electrons. The van der Waals surface area contributed by atoms with Gasteiger partial charge in [-0.05, 0) is 11.5 Å². The molecule has 0 spiro atoms. The number of hydrogen-bond acceptors (Lipinski definition) is 1. The smallest absolute Gasteiger partial charge is 0.228 e. The zero-order valence-corrected chi connectivity index (χ0v) is 7.03. The van der Waals surface area contributed by atoms with E-state index in [0.29, 0.717) is 5.75 Å². The molecule has 0 aliphatic rings. The number of halogens is 1. The third-order valence-corrected chi connectivity index (χ3v) is 1.96. The Morgan fingerprint density at radius 1 is 1.00 bits per heavy atom. The third-order valence-electron chi connectivity index (χ3n) is 1.96. The minimum absolute atomic E-state index is 0.598. The molecule has 0 heterocycles. The summed E-state index contributed by atoms with van der Waals surface area (Å²) in [5, 5.41) is 2.01. The molecule has 0 aliphatic heterocycles. The first-order valence-corrected chi connectivity index (χ1v) is 4.08. The average Bonchev–Trinajstić information content (AvgIpc) is 2.19. The summed E-state index contributed by atoms with van der Waals surface area (Å²) in [5.41, 5.74) is 0. The lowest BCUT2D eigenvalue weighted by Crippen LogP contribution is -1.90. The number of fused-ring (bicyclic) bond motifs is 1. The van der Waals surface area contributed by atoms with Crippen LogP contribution in [0.2, 0.25) is 0 Å². The predicted molar refractivity (Wildman–Crippen MR) is 50.6 cm³/mol. The van der Waals surface area contributed by atoms with Gasteiger partial charge < -0.3 is 4.74 Å². The fraction of sp³-hybridized carbons (Fsp3) is 0.0909. The van der Waals surface area contributed by atoms with Crippen LogP contribution in [0.3, 0.4) is 0 Å². The molecule has 0 saturated heterocycles. The molecule has 0 unspecified atom stereocenters. The fourth-order valence-corrected chi connectivity index (χ4v) is 1.38. The van der Waals surface area contributed by atoms with Crippen molar-refractivity contribution in [1.29, 1.82) is 0 Å². The van der Waals surface area contributed by atoms with E-state index in [1.807, 2.05) is 36.4 Å². The van der Waals surface area contributed by atoms with E-state index >= 15 is 0 Å². The van der Waals surface area contributed by atoms with Crippen LogP contribution < -0.4 is 4.74 Å². The molecule has 0 N–H and O–H groups in total. The maximum absolute atomic E-state index is 12.0. The van der Waals surface area contributed by atoms with E-state index < -0.39 is 6.86 Å². The molecular weight excluding hydrogens is 167 g/mol. The van der Waals surface area contributed by atoms with Gasteiger partial charge >= 0.3 is 0 Å². The second-order valence-electron chi connectivity index (χ2n) is 2.73. The van der Waals surface area contributed by atoms with Crippen LogP contribution in [0.1, 0.15) is 0 Å². The summed E-state index contributed by atoms with van der Waals surface area (Å²) in [6.07, 6.45) is 0. The largest absolute Gasteiger partial charge is 0.462 e. The van der Waals surface area contributed by atoms with E-state index in [-0.39, 0.29) is 0 Å². The van der Waals surface area contributed by atoms with Gasteiger partial charge in [-0.25, -0.2) is 4.39 Å². The molecule has 0 bridgehead atoms. The number of alkyl halides is 1. The quantitative estimate of drug-likeness (QED) is 0.683. The van der Waals surface area contributed by atoms with Crippen molar-refractivity contribution in [2.45, 2.75) is 0 Å². The Morgan fingerprint density at radius 3 is 2.62 bits per heavy atom. The highest BCUT2D eigenvalue weighted by atomic mass is 19.1. The van der Waals surface area contributed by atoms with E-state index in [1.165, 1.54) is 0 Å². The first kappa shape index (κ1) is 8.05. The minimum Gasteiger partial charge on any atom is -0.462 e. The summed E-state index contributed by atoms with van der Waals surface area (Å²) < 4.78 is 16.8. The molecule has 2 rings (SSSR count). The summed E-state index contributed by atoms with van der Waals surface area (Å²) >= 11 is 0. The number of hydrogen-bond donors (Lipinski definition) is 0. The topological polar surface area (TPSA) is 9.23 Å². The summed E-state index contributed by atoms with van der Waals surface area (Å²) in [5.74, 6) is 0.598. The molecule has 0 aromatic heterocycles. The molecule has 0 radical (unpaired) electrons. The lowest BCUT2D eigenvalue weighted by atomic mass is 10.1. The lowest BCUT2D eigenvalue weighted by Gasteiger charge is -2.04. The van der Waals surface area contributed by atoms with Crippen molar-refractivity contribution in [1.82, 2.24) is 0 Å².